The van der Waals surface area contributed by atoms with Gasteiger partial charge in [-0.3, -0.25) is 4.99 Å². The molecule has 1 heterocycles. The maximum atomic E-state index is 13.2. The quantitative estimate of drug-likeness (QED) is 0.387. The molecule has 0 atom stereocenters. The van der Waals surface area contributed by atoms with Gasteiger partial charge < -0.3 is 10.2 Å². The first-order chi connectivity index (χ1) is 12.0. The zero-order valence-electron chi connectivity index (χ0n) is 15.5. The molecule has 4 nitrogen and oxygen atoms in total. The van der Waals surface area contributed by atoms with E-state index < -0.39 is 0 Å². The number of rotatable bonds is 5. The highest BCUT2D eigenvalue weighted by atomic mass is 127. The Morgan fingerprint density at radius 1 is 1.35 bits per heavy atom. The largest absolute Gasteiger partial charge is 0.355 e. The summed E-state index contributed by atoms with van der Waals surface area (Å²) in [6.07, 6.45) is 3.46. The summed E-state index contributed by atoms with van der Waals surface area (Å²) in [4.78, 5) is 11.0. The summed E-state index contributed by atoms with van der Waals surface area (Å²) in [7, 11) is 3.83. The van der Waals surface area contributed by atoms with Crippen molar-refractivity contribution in [2.45, 2.75) is 38.1 Å². The SMILES string of the molecule is CN=C(NCC1(c2ccc(F)cc2)CCC1)N(C)Cc1csc(C)n1.I. The number of halogens is 2. The van der Waals surface area contributed by atoms with E-state index >= 15 is 0 Å². The molecule has 1 aromatic carbocycles. The van der Waals surface area contributed by atoms with Gasteiger partial charge in [-0.05, 0) is 37.5 Å². The number of aryl methyl sites for hydroxylation is 1. The molecule has 1 aliphatic carbocycles. The van der Waals surface area contributed by atoms with Gasteiger partial charge in [0.1, 0.15) is 5.82 Å². The number of nitrogens with one attached hydrogen (secondary N) is 1. The third-order valence-corrected chi connectivity index (χ3v) is 5.81. The van der Waals surface area contributed by atoms with Crippen molar-refractivity contribution in [3.8, 4) is 0 Å². The van der Waals surface area contributed by atoms with Gasteiger partial charge in [-0.2, -0.15) is 0 Å². The van der Waals surface area contributed by atoms with Gasteiger partial charge in [0.15, 0.2) is 5.96 Å². The summed E-state index contributed by atoms with van der Waals surface area (Å²) >= 11 is 1.67. The molecule has 26 heavy (non-hydrogen) atoms. The second-order valence-electron chi connectivity index (χ2n) is 6.76. The van der Waals surface area contributed by atoms with Crippen LogP contribution in [0.2, 0.25) is 0 Å². The van der Waals surface area contributed by atoms with Crippen LogP contribution in [-0.2, 0) is 12.0 Å². The average Bonchev–Trinajstić information content (AvgIpc) is 2.96. The van der Waals surface area contributed by atoms with E-state index in [9.17, 15) is 4.39 Å². The van der Waals surface area contributed by atoms with Crippen LogP contribution >= 0.6 is 35.3 Å². The normalized spacial score (nSPS) is 15.8. The van der Waals surface area contributed by atoms with Crippen molar-refractivity contribution in [1.29, 1.82) is 0 Å². The van der Waals surface area contributed by atoms with Crippen molar-refractivity contribution in [3.05, 3.63) is 51.7 Å². The lowest BCUT2D eigenvalue weighted by Crippen LogP contribution is -2.49. The van der Waals surface area contributed by atoms with Crippen LogP contribution in [0.15, 0.2) is 34.6 Å². The molecule has 1 N–H and O–H groups in total. The van der Waals surface area contributed by atoms with E-state index in [-0.39, 0.29) is 35.2 Å². The summed E-state index contributed by atoms with van der Waals surface area (Å²) in [6, 6.07) is 6.95. The summed E-state index contributed by atoms with van der Waals surface area (Å²) in [5.74, 6) is 0.680. The predicted octanol–water partition coefficient (Wildman–Crippen LogP) is 4.34. The first-order valence-electron chi connectivity index (χ1n) is 8.61. The molecule has 1 aliphatic rings. The minimum Gasteiger partial charge on any atom is -0.355 e. The molecule has 1 saturated carbocycles. The van der Waals surface area contributed by atoms with Gasteiger partial charge in [-0.15, -0.1) is 35.3 Å². The van der Waals surface area contributed by atoms with E-state index in [1.807, 2.05) is 26.1 Å². The fraction of sp³-hybridized carbons (Fsp3) is 0.474. The van der Waals surface area contributed by atoms with Crippen LogP contribution in [0.1, 0.15) is 35.5 Å². The number of thiazole rings is 1. The number of aliphatic imine (C=N–C) groups is 1. The predicted molar refractivity (Wildman–Crippen MR) is 117 cm³/mol. The van der Waals surface area contributed by atoms with E-state index in [0.717, 1.165) is 42.6 Å². The summed E-state index contributed by atoms with van der Waals surface area (Å²) in [5.41, 5.74) is 2.35. The zero-order chi connectivity index (χ0) is 17.9. The van der Waals surface area contributed by atoms with Crippen LogP contribution in [0.25, 0.3) is 0 Å². The van der Waals surface area contributed by atoms with Crippen molar-refractivity contribution in [1.82, 2.24) is 15.2 Å². The first-order valence-corrected chi connectivity index (χ1v) is 9.49. The summed E-state index contributed by atoms with van der Waals surface area (Å²) in [5, 5.41) is 6.68. The van der Waals surface area contributed by atoms with Crippen molar-refractivity contribution in [2.75, 3.05) is 20.6 Å². The molecule has 142 valence electrons. The molecule has 1 fully saturated rings. The molecular weight excluding hydrogens is 462 g/mol. The van der Waals surface area contributed by atoms with Gasteiger partial charge in [0.05, 0.1) is 17.2 Å². The van der Waals surface area contributed by atoms with E-state index in [0.29, 0.717) is 0 Å². The van der Waals surface area contributed by atoms with Gasteiger partial charge in [0.2, 0.25) is 0 Å². The first kappa shape index (κ1) is 21.1. The van der Waals surface area contributed by atoms with Crippen LogP contribution in [0.5, 0.6) is 0 Å². The summed E-state index contributed by atoms with van der Waals surface area (Å²) in [6.45, 7) is 3.56. The summed E-state index contributed by atoms with van der Waals surface area (Å²) < 4.78 is 13.2. The average molecular weight is 488 g/mol. The second-order valence-corrected chi connectivity index (χ2v) is 7.82. The molecule has 0 saturated heterocycles. The fourth-order valence-corrected chi connectivity index (χ4v) is 4.01. The number of guanidine groups is 1. The monoisotopic (exact) mass is 488 g/mol. The zero-order valence-corrected chi connectivity index (χ0v) is 18.6. The molecule has 0 unspecified atom stereocenters. The Morgan fingerprint density at radius 2 is 2.04 bits per heavy atom. The van der Waals surface area contributed by atoms with E-state index in [1.54, 1.807) is 30.5 Å². The van der Waals surface area contributed by atoms with Crippen LogP contribution in [0, 0.1) is 12.7 Å². The molecule has 0 amide bonds. The standard InChI is InChI=1S/C19H25FN4S.HI/c1-14-23-17(12-25-14)11-24(3)18(21-2)22-13-19(9-4-10-19)15-5-7-16(20)8-6-15;/h5-8,12H,4,9-11,13H2,1-3H3,(H,21,22);1H. The Kier molecular flexibility index (Phi) is 7.40. The second kappa shape index (κ2) is 9.12. The molecule has 0 bridgehead atoms. The third-order valence-electron chi connectivity index (χ3n) is 4.99. The molecule has 7 heteroatoms. The van der Waals surface area contributed by atoms with Crippen molar-refractivity contribution >= 4 is 41.3 Å². The smallest absolute Gasteiger partial charge is 0.193 e. The molecule has 0 spiro atoms. The minimum atomic E-state index is -0.180. The maximum Gasteiger partial charge on any atom is 0.193 e. The van der Waals surface area contributed by atoms with Crippen molar-refractivity contribution in [2.24, 2.45) is 4.99 Å². The highest BCUT2D eigenvalue weighted by Crippen LogP contribution is 2.43. The number of benzene rings is 1. The molecule has 3 rings (SSSR count). The number of hydrogen-bond acceptors (Lipinski definition) is 3. The van der Waals surface area contributed by atoms with Crippen molar-refractivity contribution in [3.63, 3.8) is 0 Å². The topological polar surface area (TPSA) is 40.5 Å². The Balaban J connectivity index is 0.00000243. The van der Waals surface area contributed by atoms with Gasteiger partial charge in [-0.1, -0.05) is 18.6 Å². The number of hydrogen-bond donors (Lipinski definition) is 1. The lowest BCUT2D eigenvalue weighted by atomic mass is 9.64. The van der Waals surface area contributed by atoms with Gasteiger partial charge in [0, 0.05) is 31.4 Å². The third kappa shape index (κ3) is 4.73. The van der Waals surface area contributed by atoms with Crippen LogP contribution in [-0.4, -0.2) is 36.5 Å². The Morgan fingerprint density at radius 3 is 2.54 bits per heavy atom. The molecule has 2 aromatic rings. The number of aromatic nitrogens is 1. The van der Waals surface area contributed by atoms with E-state index in [1.165, 1.54) is 12.0 Å². The fourth-order valence-electron chi connectivity index (χ4n) is 3.41. The lowest BCUT2D eigenvalue weighted by Gasteiger charge is -2.43. The Labute approximate surface area is 176 Å². The van der Waals surface area contributed by atoms with Gasteiger partial charge >= 0.3 is 0 Å². The molecular formula is C19H26FIN4S. The molecule has 1 aromatic heterocycles. The molecule has 0 radical (unpaired) electrons. The van der Waals surface area contributed by atoms with Crippen molar-refractivity contribution < 1.29 is 4.39 Å². The Hall–Kier alpha value is -1.22. The van der Waals surface area contributed by atoms with Crippen LogP contribution < -0.4 is 5.32 Å². The number of nitrogens with zero attached hydrogens (tertiary/aromatic N) is 3. The van der Waals surface area contributed by atoms with Crippen LogP contribution in [0.3, 0.4) is 0 Å². The highest BCUT2D eigenvalue weighted by molar-refractivity contribution is 14.0. The molecule has 0 aliphatic heterocycles. The minimum absolute atomic E-state index is 0. The van der Waals surface area contributed by atoms with Gasteiger partial charge in [0.25, 0.3) is 0 Å². The van der Waals surface area contributed by atoms with E-state index in [2.05, 4.69) is 25.6 Å². The highest BCUT2D eigenvalue weighted by Gasteiger charge is 2.38. The Bertz CT molecular complexity index is 740. The van der Waals surface area contributed by atoms with Crippen LogP contribution in [0.4, 0.5) is 4.39 Å². The lowest BCUT2D eigenvalue weighted by molar-refractivity contribution is 0.241. The van der Waals surface area contributed by atoms with E-state index in [4.69, 9.17) is 0 Å². The maximum absolute atomic E-state index is 13.2. The van der Waals surface area contributed by atoms with Gasteiger partial charge in [-0.25, -0.2) is 9.37 Å².